The van der Waals surface area contributed by atoms with Crippen LogP contribution in [-0.4, -0.2) is 24.3 Å². The van der Waals surface area contributed by atoms with E-state index < -0.39 is 4.92 Å². The van der Waals surface area contributed by atoms with Crippen LogP contribution in [0.2, 0.25) is 0 Å². The molecule has 0 saturated carbocycles. The van der Waals surface area contributed by atoms with E-state index >= 15 is 0 Å². The van der Waals surface area contributed by atoms with Gasteiger partial charge in [-0.15, -0.1) is 0 Å². The summed E-state index contributed by atoms with van der Waals surface area (Å²) in [4.78, 5) is 23.7. The molecule has 0 spiro atoms. The Balaban J connectivity index is 2.11. The third kappa shape index (κ3) is 1.71. The predicted octanol–water partition coefficient (Wildman–Crippen LogP) is 2.65. The average molecular weight is 279 g/mol. The maximum atomic E-state index is 10.8. The molecule has 0 N–H and O–H groups in total. The lowest BCUT2D eigenvalue weighted by Crippen LogP contribution is -1.92. The molecule has 0 aliphatic carbocycles. The number of benzene rings is 1. The lowest BCUT2D eigenvalue weighted by molar-refractivity contribution is -0.384. The summed E-state index contributed by atoms with van der Waals surface area (Å²) in [6.45, 7) is 1.99. The van der Waals surface area contributed by atoms with Crippen molar-refractivity contribution >= 4 is 33.7 Å². The van der Waals surface area contributed by atoms with E-state index in [2.05, 4.69) is 15.0 Å². The minimum Gasteiger partial charge on any atom is -0.283 e. The normalized spacial score (nSPS) is 11.5. The van der Waals surface area contributed by atoms with Gasteiger partial charge in [0.1, 0.15) is 5.65 Å². The standard InChI is InChI=1S/C14H9N5O2/c1-8-4-5-18-12(6-8)17-13-14(18)16-11-7-9(19(20)21)2-3-10(11)15-13/h2-7H,1H3. The summed E-state index contributed by atoms with van der Waals surface area (Å²) in [5.41, 5.74) is 4.06. The van der Waals surface area contributed by atoms with E-state index in [1.54, 1.807) is 6.07 Å². The Labute approximate surface area is 118 Å². The van der Waals surface area contributed by atoms with Gasteiger partial charge in [0.25, 0.3) is 5.69 Å². The summed E-state index contributed by atoms with van der Waals surface area (Å²) < 4.78 is 1.83. The largest absolute Gasteiger partial charge is 0.283 e. The molecule has 0 bridgehead atoms. The molecule has 0 unspecified atom stereocenters. The molecule has 102 valence electrons. The minimum absolute atomic E-state index is 0.000755. The molecule has 21 heavy (non-hydrogen) atoms. The molecular weight excluding hydrogens is 270 g/mol. The SMILES string of the molecule is Cc1ccn2c(c1)nc1nc3ccc([N+](=O)[O-])cc3nc12. The number of rotatable bonds is 1. The molecule has 7 heteroatoms. The Morgan fingerprint density at radius 2 is 1.95 bits per heavy atom. The van der Waals surface area contributed by atoms with Crippen molar-refractivity contribution in [1.29, 1.82) is 0 Å². The summed E-state index contributed by atoms with van der Waals surface area (Å²) in [6.07, 6.45) is 1.87. The van der Waals surface area contributed by atoms with Gasteiger partial charge in [-0.2, -0.15) is 0 Å². The fraction of sp³-hybridized carbons (Fsp3) is 0.0714. The van der Waals surface area contributed by atoms with Gasteiger partial charge in [0.2, 0.25) is 0 Å². The molecule has 7 nitrogen and oxygen atoms in total. The summed E-state index contributed by atoms with van der Waals surface area (Å²) in [6, 6.07) is 8.33. The fourth-order valence-corrected chi connectivity index (χ4v) is 2.34. The fourth-order valence-electron chi connectivity index (χ4n) is 2.34. The van der Waals surface area contributed by atoms with Gasteiger partial charge in [-0.25, -0.2) is 15.0 Å². The lowest BCUT2D eigenvalue weighted by Gasteiger charge is -1.98. The van der Waals surface area contributed by atoms with Crippen molar-refractivity contribution in [3.8, 4) is 0 Å². The number of hydrogen-bond acceptors (Lipinski definition) is 5. The molecule has 0 fully saturated rings. The van der Waals surface area contributed by atoms with Crippen LogP contribution in [0, 0.1) is 17.0 Å². The molecule has 4 rings (SSSR count). The van der Waals surface area contributed by atoms with Gasteiger partial charge < -0.3 is 0 Å². The Morgan fingerprint density at radius 1 is 1.10 bits per heavy atom. The first kappa shape index (κ1) is 11.7. The summed E-state index contributed by atoms with van der Waals surface area (Å²) in [5.74, 6) is 0. The second kappa shape index (κ2) is 3.95. The van der Waals surface area contributed by atoms with Gasteiger partial charge in [0.05, 0.1) is 16.0 Å². The van der Waals surface area contributed by atoms with E-state index in [-0.39, 0.29) is 5.69 Å². The van der Waals surface area contributed by atoms with Crippen molar-refractivity contribution in [3.05, 3.63) is 52.2 Å². The average Bonchev–Trinajstić information content (AvgIpc) is 2.80. The summed E-state index contributed by atoms with van der Waals surface area (Å²) >= 11 is 0. The molecule has 3 heterocycles. The maximum Gasteiger partial charge on any atom is 0.271 e. The van der Waals surface area contributed by atoms with Crippen LogP contribution < -0.4 is 0 Å². The van der Waals surface area contributed by atoms with E-state index in [0.717, 1.165) is 11.2 Å². The number of imidazole rings is 1. The molecule has 0 amide bonds. The first-order valence-electron chi connectivity index (χ1n) is 6.32. The van der Waals surface area contributed by atoms with Crippen molar-refractivity contribution in [1.82, 2.24) is 19.4 Å². The third-order valence-corrected chi connectivity index (χ3v) is 3.36. The molecule has 1 aromatic carbocycles. The molecule has 0 aliphatic heterocycles. The van der Waals surface area contributed by atoms with E-state index in [1.165, 1.54) is 12.1 Å². The van der Waals surface area contributed by atoms with Crippen LogP contribution in [0.25, 0.3) is 28.0 Å². The number of nitro benzene ring substituents is 1. The van der Waals surface area contributed by atoms with Crippen LogP contribution in [0.3, 0.4) is 0 Å². The second-order valence-electron chi connectivity index (χ2n) is 4.85. The first-order valence-corrected chi connectivity index (χ1v) is 6.32. The van der Waals surface area contributed by atoms with Gasteiger partial charge in [-0.05, 0) is 30.7 Å². The van der Waals surface area contributed by atoms with Crippen molar-refractivity contribution in [2.75, 3.05) is 0 Å². The number of hydrogen-bond donors (Lipinski definition) is 0. The van der Waals surface area contributed by atoms with E-state index in [9.17, 15) is 10.1 Å². The monoisotopic (exact) mass is 279 g/mol. The highest BCUT2D eigenvalue weighted by Gasteiger charge is 2.12. The smallest absolute Gasteiger partial charge is 0.271 e. The summed E-state index contributed by atoms with van der Waals surface area (Å²) in [7, 11) is 0. The molecule has 4 aromatic rings. The van der Waals surface area contributed by atoms with Crippen LogP contribution in [-0.2, 0) is 0 Å². The van der Waals surface area contributed by atoms with Crippen LogP contribution >= 0.6 is 0 Å². The highest BCUT2D eigenvalue weighted by molar-refractivity contribution is 5.86. The second-order valence-corrected chi connectivity index (χ2v) is 4.85. The van der Waals surface area contributed by atoms with Crippen LogP contribution in [0.1, 0.15) is 5.56 Å². The van der Waals surface area contributed by atoms with E-state index in [1.807, 2.05) is 29.7 Å². The van der Waals surface area contributed by atoms with Crippen LogP contribution in [0.15, 0.2) is 36.5 Å². The summed E-state index contributed by atoms with van der Waals surface area (Å²) in [5, 5.41) is 10.8. The van der Waals surface area contributed by atoms with Crippen molar-refractivity contribution in [2.24, 2.45) is 0 Å². The molecule has 3 aromatic heterocycles. The zero-order valence-electron chi connectivity index (χ0n) is 11.0. The number of pyridine rings is 1. The Hall–Kier alpha value is -3.09. The van der Waals surface area contributed by atoms with E-state index in [0.29, 0.717) is 22.3 Å². The van der Waals surface area contributed by atoms with Crippen molar-refractivity contribution in [2.45, 2.75) is 6.92 Å². The zero-order valence-corrected chi connectivity index (χ0v) is 11.0. The highest BCUT2D eigenvalue weighted by atomic mass is 16.6. The zero-order chi connectivity index (χ0) is 14.6. The highest BCUT2D eigenvalue weighted by Crippen LogP contribution is 2.21. The molecular formula is C14H9N5O2. The van der Waals surface area contributed by atoms with Crippen molar-refractivity contribution < 1.29 is 4.92 Å². The van der Waals surface area contributed by atoms with Gasteiger partial charge in [-0.3, -0.25) is 14.5 Å². The van der Waals surface area contributed by atoms with Gasteiger partial charge in [0.15, 0.2) is 11.3 Å². The van der Waals surface area contributed by atoms with Crippen LogP contribution in [0.5, 0.6) is 0 Å². The molecule has 0 aliphatic rings. The number of nitrogens with zero attached hydrogens (tertiary/aromatic N) is 5. The molecule has 0 saturated heterocycles. The maximum absolute atomic E-state index is 10.8. The number of fused-ring (bicyclic) bond motifs is 4. The minimum atomic E-state index is -0.441. The third-order valence-electron chi connectivity index (χ3n) is 3.36. The van der Waals surface area contributed by atoms with Gasteiger partial charge >= 0.3 is 0 Å². The number of non-ortho nitro benzene ring substituents is 1. The quantitative estimate of drug-likeness (QED) is 0.395. The number of nitro groups is 1. The van der Waals surface area contributed by atoms with Gasteiger partial charge in [-0.1, -0.05) is 0 Å². The van der Waals surface area contributed by atoms with Crippen LogP contribution in [0.4, 0.5) is 5.69 Å². The Morgan fingerprint density at radius 3 is 2.76 bits per heavy atom. The van der Waals surface area contributed by atoms with Crippen molar-refractivity contribution in [3.63, 3.8) is 0 Å². The Bertz CT molecular complexity index is 1040. The Kier molecular flexibility index (Phi) is 2.20. The lowest BCUT2D eigenvalue weighted by atomic mass is 10.2. The first-order chi connectivity index (χ1) is 10.1. The molecule has 0 radical (unpaired) electrons. The van der Waals surface area contributed by atoms with Gasteiger partial charge in [0, 0.05) is 18.3 Å². The predicted molar refractivity (Wildman–Crippen MR) is 77.2 cm³/mol. The van der Waals surface area contributed by atoms with E-state index in [4.69, 9.17) is 0 Å². The number of aryl methyl sites for hydroxylation is 1. The number of aromatic nitrogens is 4. The topological polar surface area (TPSA) is 86.2 Å². The molecule has 0 atom stereocenters.